The van der Waals surface area contributed by atoms with Gasteiger partial charge in [0.1, 0.15) is 18.6 Å². The average molecular weight is 347 g/mol. The Morgan fingerprint density at radius 1 is 1.16 bits per heavy atom. The van der Waals surface area contributed by atoms with Gasteiger partial charge in [-0.3, -0.25) is 4.90 Å². The van der Waals surface area contributed by atoms with Gasteiger partial charge in [-0.2, -0.15) is 10.3 Å². The third-order valence-electron chi connectivity index (χ3n) is 4.82. The van der Waals surface area contributed by atoms with E-state index in [4.69, 9.17) is 9.15 Å². The normalized spacial score (nSPS) is 21.8. The zero-order valence-electron chi connectivity index (χ0n) is 14.4. The second-order valence-electron chi connectivity index (χ2n) is 6.66. The molecule has 3 heterocycles. The molecule has 2 aliphatic rings. The maximum absolute atomic E-state index is 5.69. The summed E-state index contributed by atoms with van der Waals surface area (Å²) >= 11 is 0. The minimum atomic E-state index is 0.510. The average Bonchev–Trinajstić information content (AvgIpc) is 3.06. The van der Waals surface area contributed by atoms with E-state index in [9.17, 15) is 0 Å². The first kappa shape index (κ1) is 16.3. The molecule has 2 aromatic rings. The lowest BCUT2D eigenvalue weighted by Crippen LogP contribution is -3.24. The highest BCUT2D eigenvalue weighted by atomic mass is 16.5. The Morgan fingerprint density at radius 3 is 2.80 bits per heavy atom. The quantitative estimate of drug-likeness (QED) is 0.386. The van der Waals surface area contributed by atoms with E-state index in [-0.39, 0.29) is 0 Å². The number of guanidine groups is 1. The minimum Gasteiger partial charge on any atom is -0.412 e. The molecule has 25 heavy (non-hydrogen) atoms. The fourth-order valence-corrected chi connectivity index (χ4v) is 3.35. The zero-order chi connectivity index (χ0) is 16.9. The van der Waals surface area contributed by atoms with Crippen LogP contribution in [0.2, 0.25) is 0 Å². The number of rotatable bonds is 5. The molecular formula is C17H27N6O2+3. The van der Waals surface area contributed by atoms with Gasteiger partial charge in [-0.25, -0.2) is 10.3 Å². The van der Waals surface area contributed by atoms with Crippen molar-refractivity contribution in [1.82, 2.24) is 10.3 Å². The Hall–Kier alpha value is -2.16. The molecule has 0 spiro atoms. The summed E-state index contributed by atoms with van der Waals surface area (Å²) in [5, 5.41) is 6.57. The van der Waals surface area contributed by atoms with Crippen LogP contribution in [0.5, 0.6) is 0 Å². The van der Waals surface area contributed by atoms with Gasteiger partial charge in [-0.1, -0.05) is 12.1 Å². The SMILES string of the molecule is c1ccc2oc(NC3=[NH+]C[NH+](CCC[NH+]4CCOCC4)CN3)nc2c1. The Kier molecular flexibility index (Phi) is 5.10. The van der Waals surface area contributed by atoms with E-state index in [0.717, 1.165) is 56.7 Å². The minimum absolute atomic E-state index is 0.510. The van der Waals surface area contributed by atoms with Gasteiger partial charge >= 0.3 is 12.0 Å². The third-order valence-corrected chi connectivity index (χ3v) is 4.82. The molecular weight excluding hydrogens is 320 g/mol. The van der Waals surface area contributed by atoms with Crippen molar-refractivity contribution in [2.24, 2.45) is 0 Å². The molecule has 1 atom stereocenters. The lowest BCUT2D eigenvalue weighted by Gasteiger charge is -2.25. The van der Waals surface area contributed by atoms with Crippen LogP contribution < -0.4 is 25.4 Å². The van der Waals surface area contributed by atoms with Crippen LogP contribution in [0.3, 0.4) is 0 Å². The second-order valence-corrected chi connectivity index (χ2v) is 6.66. The number of aromatic nitrogens is 1. The van der Waals surface area contributed by atoms with E-state index >= 15 is 0 Å². The highest BCUT2D eigenvalue weighted by Crippen LogP contribution is 2.17. The summed E-state index contributed by atoms with van der Waals surface area (Å²) in [6.07, 6.45) is 1.24. The number of anilines is 1. The highest BCUT2D eigenvalue weighted by molar-refractivity contribution is 5.88. The monoisotopic (exact) mass is 347 g/mol. The van der Waals surface area contributed by atoms with Crippen molar-refractivity contribution in [2.45, 2.75) is 6.42 Å². The van der Waals surface area contributed by atoms with Gasteiger partial charge in [-0.15, -0.1) is 0 Å². The fraction of sp³-hybridized carbons (Fsp3) is 0.529. The molecule has 2 aliphatic heterocycles. The van der Waals surface area contributed by atoms with Gasteiger partial charge < -0.3 is 14.1 Å². The number of morpholine rings is 1. The number of nitrogens with zero attached hydrogens (tertiary/aromatic N) is 1. The van der Waals surface area contributed by atoms with Crippen molar-refractivity contribution in [3.05, 3.63) is 24.3 Å². The van der Waals surface area contributed by atoms with Crippen LogP contribution in [-0.2, 0) is 4.74 Å². The van der Waals surface area contributed by atoms with Crippen molar-refractivity contribution >= 4 is 23.1 Å². The molecule has 0 saturated carbocycles. The Balaban J connectivity index is 1.23. The molecule has 1 fully saturated rings. The molecule has 0 aliphatic carbocycles. The summed E-state index contributed by atoms with van der Waals surface area (Å²) in [6.45, 7) is 8.33. The van der Waals surface area contributed by atoms with Crippen LogP contribution in [0.25, 0.3) is 11.1 Å². The van der Waals surface area contributed by atoms with Crippen LogP contribution in [-0.4, -0.2) is 63.7 Å². The number of para-hydroxylation sites is 2. The molecule has 1 saturated heterocycles. The van der Waals surface area contributed by atoms with Gasteiger partial charge in [0.25, 0.3) is 0 Å². The molecule has 1 aromatic carbocycles. The van der Waals surface area contributed by atoms with Crippen molar-refractivity contribution in [2.75, 3.05) is 58.0 Å². The number of nitrogens with one attached hydrogen (secondary N) is 5. The standard InChI is InChI=1S/C17H24N6O2/c1-2-5-15-14(4-1)20-17(25-15)21-16-18-12-23(13-19-16)7-3-6-22-8-10-24-11-9-22/h1-2,4-5H,3,6-13H2,(H2,18,19,20,21)/p+3. The number of hydrogen-bond donors (Lipinski definition) is 5. The zero-order valence-corrected chi connectivity index (χ0v) is 14.4. The van der Waals surface area contributed by atoms with E-state index in [1.165, 1.54) is 24.4 Å². The van der Waals surface area contributed by atoms with E-state index in [2.05, 4.69) is 20.6 Å². The topological polar surface area (TPSA) is 82.2 Å². The molecule has 8 nitrogen and oxygen atoms in total. The van der Waals surface area contributed by atoms with Crippen molar-refractivity contribution < 1.29 is 23.9 Å². The predicted molar refractivity (Wildman–Crippen MR) is 93.3 cm³/mol. The van der Waals surface area contributed by atoms with Crippen molar-refractivity contribution in [3.63, 3.8) is 0 Å². The lowest BCUT2D eigenvalue weighted by atomic mass is 10.3. The summed E-state index contributed by atoms with van der Waals surface area (Å²) in [6, 6.07) is 8.27. The summed E-state index contributed by atoms with van der Waals surface area (Å²) in [7, 11) is 0. The Labute approximate surface area is 146 Å². The number of quaternary nitrogens is 2. The van der Waals surface area contributed by atoms with Crippen LogP contribution in [0, 0.1) is 0 Å². The van der Waals surface area contributed by atoms with E-state index in [1.807, 2.05) is 24.3 Å². The maximum atomic E-state index is 5.69. The van der Waals surface area contributed by atoms with Gasteiger partial charge in [0.05, 0.1) is 26.3 Å². The van der Waals surface area contributed by atoms with Crippen molar-refractivity contribution in [3.8, 4) is 0 Å². The first-order chi connectivity index (χ1) is 12.4. The smallest absolute Gasteiger partial charge is 0.365 e. The lowest BCUT2D eigenvalue weighted by molar-refractivity contribution is -0.984. The number of ether oxygens (including phenoxy) is 1. The molecule has 0 amide bonds. The fourth-order valence-electron chi connectivity index (χ4n) is 3.35. The van der Waals surface area contributed by atoms with E-state index < -0.39 is 0 Å². The van der Waals surface area contributed by atoms with Crippen LogP contribution in [0.4, 0.5) is 6.01 Å². The molecule has 134 valence electrons. The molecule has 0 radical (unpaired) electrons. The summed E-state index contributed by atoms with van der Waals surface area (Å²) in [5.41, 5.74) is 1.65. The van der Waals surface area contributed by atoms with Gasteiger partial charge in [0.15, 0.2) is 18.9 Å². The summed E-state index contributed by atoms with van der Waals surface area (Å²) in [4.78, 5) is 11.0. The Morgan fingerprint density at radius 2 is 2.00 bits per heavy atom. The van der Waals surface area contributed by atoms with Gasteiger partial charge in [0, 0.05) is 6.42 Å². The molecule has 5 N–H and O–H groups in total. The van der Waals surface area contributed by atoms with Gasteiger partial charge in [-0.05, 0) is 12.1 Å². The number of benzene rings is 1. The Bertz CT molecular complexity index is 692. The predicted octanol–water partition coefficient (Wildman–Crippen LogP) is -3.62. The highest BCUT2D eigenvalue weighted by Gasteiger charge is 2.22. The summed E-state index contributed by atoms with van der Waals surface area (Å²) in [5.74, 6) is 0.856. The number of hydrogen-bond acceptors (Lipinski definition) is 5. The summed E-state index contributed by atoms with van der Waals surface area (Å²) < 4.78 is 11.1. The first-order valence-electron chi connectivity index (χ1n) is 9.09. The van der Waals surface area contributed by atoms with Gasteiger partial charge in [0.2, 0.25) is 0 Å². The third kappa shape index (κ3) is 4.28. The molecule has 8 heteroatoms. The largest absolute Gasteiger partial charge is 0.412 e. The molecule has 4 rings (SSSR count). The molecule has 0 bridgehead atoms. The van der Waals surface area contributed by atoms with Crippen molar-refractivity contribution in [1.29, 1.82) is 0 Å². The van der Waals surface area contributed by atoms with E-state index in [1.54, 1.807) is 4.90 Å². The van der Waals surface area contributed by atoms with Crippen LogP contribution in [0.15, 0.2) is 28.7 Å². The number of fused-ring (bicyclic) bond motifs is 1. The second kappa shape index (κ2) is 7.81. The maximum Gasteiger partial charge on any atom is 0.365 e. The van der Waals surface area contributed by atoms with Crippen LogP contribution in [0.1, 0.15) is 6.42 Å². The van der Waals surface area contributed by atoms with E-state index in [0.29, 0.717) is 6.01 Å². The first-order valence-corrected chi connectivity index (χ1v) is 9.09. The molecule has 1 aromatic heterocycles. The number of oxazole rings is 1. The molecule has 1 unspecified atom stereocenters. The van der Waals surface area contributed by atoms with Crippen LogP contribution >= 0.6 is 0 Å².